The fourth-order valence-corrected chi connectivity index (χ4v) is 5.55. The first-order valence-electron chi connectivity index (χ1n) is 12.3. The standard InChI is InChI=1S/C26H32N4O6S/c1-17-6-4-5-12-28(17)23(32)16-29-19-10-13-37-24(19)25(33)30(26(29)34)15-22(31)27-11-9-18-7-8-20(35-2)21(14-18)36-3/h7-8,10,13-14,17H,4-6,9,11-12,15-16H2,1-3H3,(H,27,31). The van der Waals surface area contributed by atoms with Gasteiger partial charge in [0.05, 0.1) is 19.7 Å². The number of rotatable bonds is 9. The number of carbonyl (C=O) groups is 2. The number of ether oxygens (including phenoxy) is 2. The number of fused-ring (bicyclic) bond motifs is 1. The third-order valence-corrected chi connectivity index (χ3v) is 7.63. The Morgan fingerprint density at radius 1 is 1.05 bits per heavy atom. The Morgan fingerprint density at radius 2 is 1.84 bits per heavy atom. The minimum absolute atomic E-state index is 0.109. The van der Waals surface area contributed by atoms with Crippen molar-refractivity contribution in [3.05, 3.63) is 56.0 Å². The van der Waals surface area contributed by atoms with Gasteiger partial charge in [0, 0.05) is 19.1 Å². The lowest BCUT2D eigenvalue weighted by Gasteiger charge is -2.33. The number of aromatic nitrogens is 2. The van der Waals surface area contributed by atoms with E-state index in [1.165, 1.54) is 15.9 Å². The van der Waals surface area contributed by atoms with Gasteiger partial charge in [-0.2, -0.15) is 0 Å². The Bertz CT molecular complexity index is 1410. The third-order valence-electron chi connectivity index (χ3n) is 6.74. The zero-order valence-electron chi connectivity index (χ0n) is 21.3. The van der Waals surface area contributed by atoms with Gasteiger partial charge in [-0.25, -0.2) is 9.36 Å². The van der Waals surface area contributed by atoms with Gasteiger partial charge in [0.25, 0.3) is 5.56 Å². The number of methoxy groups -OCH3 is 2. The monoisotopic (exact) mass is 528 g/mol. The lowest BCUT2D eigenvalue weighted by Crippen LogP contribution is -2.48. The molecule has 1 saturated heterocycles. The van der Waals surface area contributed by atoms with Crippen molar-refractivity contribution in [3.63, 3.8) is 0 Å². The summed E-state index contributed by atoms with van der Waals surface area (Å²) >= 11 is 1.19. The van der Waals surface area contributed by atoms with Gasteiger partial charge in [-0.1, -0.05) is 6.07 Å². The molecule has 0 aliphatic carbocycles. The van der Waals surface area contributed by atoms with E-state index < -0.39 is 23.7 Å². The van der Waals surface area contributed by atoms with Crippen molar-refractivity contribution in [1.82, 2.24) is 19.4 Å². The van der Waals surface area contributed by atoms with Gasteiger partial charge >= 0.3 is 5.69 Å². The van der Waals surface area contributed by atoms with E-state index in [0.717, 1.165) is 29.4 Å². The predicted molar refractivity (Wildman–Crippen MR) is 142 cm³/mol. The van der Waals surface area contributed by atoms with Gasteiger partial charge < -0.3 is 19.7 Å². The van der Waals surface area contributed by atoms with E-state index in [9.17, 15) is 19.2 Å². The summed E-state index contributed by atoms with van der Waals surface area (Å²) in [5, 5.41) is 4.48. The second kappa shape index (κ2) is 11.6. The second-order valence-electron chi connectivity index (χ2n) is 9.12. The maximum Gasteiger partial charge on any atom is 0.332 e. The molecule has 0 radical (unpaired) electrons. The Balaban J connectivity index is 1.48. The number of carbonyl (C=O) groups excluding carboxylic acids is 2. The van der Waals surface area contributed by atoms with E-state index in [0.29, 0.717) is 41.2 Å². The van der Waals surface area contributed by atoms with Crippen LogP contribution in [0, 0.1) is 0 Å². The van der Waals surface area contributed by atoms with E-state index in [1.54, 1.807) is 36.6 Å². The maximum atomic E-state index is 13.3. The van der Waals surface area contributed by atoms with Crippen LogP contribution in [0.3, 0.4) is 0 Å². The van der Waals surface area contributed by atoms with Gasteiger partial charge in [-0.3, -0.25) is 19.0 Å². The van der Waals surface area contributed by atoms with Gasteiger partial charge in [0.2, 0.25) is 11.8 Å². The number of nitrogens with one attached hydrogen (secondary N) is 1. The van der Waals surface area contributed by atoms with Crippen molar-refractivity contribution in [1.29, 1.82) is 0 Å². The molecule has 1 aliphatic rings. The molecule has 11 heteroatoms. The summed E-state index contributed by atoms with van der Waals surface area (Å²) in [7, 11) is 3.12. The van der Waals surface area contributed by atoms with Crippen molar-refractivity contribution in [2.45, 2.75) is 51.7 Å². The average molecular weight is 529 g/mol. The highest BCUT2D eigenvalue weighted by atomic mass is 32.1. The summed E-state index contributed by atoms with van der Waals surface area (Å²) in [5.41, 5.74) is 0.162. The molecule has 0 bridgehead atoms. The summed E-state index contributed by atoms with van der Waals surface area (Å²) in [6.45, 7) is 2.38. The molecule has 2 amide bonds. The van der Waals surface area contributed by atoms with Crippen LogP contribution in [0.4, 0.5) is 0 Å². The molecule has 198 valence electrons. The summed E-state index contributed by atoms with van der Waals surface area (Å²) in [6, 6.07) is 7.28. The Labute approximate surface area is 218 Å². The Morgan fingerprint density at radius 3 is 2.57 bits per heavy atom. The van der Waals surface area contributed by atoms with Gasteiger partial charge in [0.15, 0.2) is 11.5 Å². The van der Waals surface area contributed by atoms with Crippen LogP contribution in [-0.4, -0.2) is 59.2 Å². The third kappa shape index (κ3) is 5.71. The highest BCUT2D eigenvalue weighted by Gasteiger charge is 2.25. The number of amides is 2. The molecule has 1 aromatic carbocycles. The minimum Gasteiger partial charge on any atom is -0.493 e. The van der Waals surface area contributed by atoms with Crippen molar-refractivity contribution in [3.8, 4) is 11.5 Å². The van der Waals surface area contributed by atoms with Crippen molar-refractivity contribution < 1.29 is 19.1 Å². The molecule has 0 spiro atoms. The Hall–Kier alpha value is -3.60. The summed E-state index contributed by atoms with van der Waals surface area (Å²) in [6.07, 6.45) is 3.46. The lowest BCUT2D eigenvalue weighted by molar-refractivity contribution is -0.135. The Kier molecular flexibility index (Phi) is 8.32. The molecule has 1 aliphatic heterocycles. The second-order valence-corrected chi connectivity index (χ2v) is 10.0. The van der Waals surface area contributed by atoms with Crippen LogP contribution in [0.2, 0.25) is 0 Å². The molecule has 1 fully saturated rings. The lowest BCUT2D eigenvalue weighted by atomic mass is 10.0. The maximum absolute atomic E-state index is 13.3. The molecular formula is C26H32N4O6S. The van der Waals surface area contributed by atoms with E-state index in [4.69, 9.17) is 9.47 Å². The fourth-order valence-electron chi connectivity index (χ4n) is 4.70. The molecule has 3 heterocycles. The van der Waals surface area contributed by atoms with E-state index >= 15 is 0 Å². The topological polar surface area (TPSA) is 112 Å². The van der Waals surface area contributed by atoms with Crippen LogP contribution >= 0.6 is 11.3 Å². The largest absolute Gasteiger partial charge is 0.493 e. The van der Waals surface area contributed by atoms with Crippen LogP contribution in [0.25, 0.3) is 10.2 Å². The fraction of sp³-hybridized carbons (Fsp3) is 0.462. The highest BCUT2D eigenvalue weighted by Crippen LogP contribution is 2.27. The summed E-state index contributed by atoms with van der Waals surface area (Å²) in [5.74, 6) is 0.587. The van der Waals surface area contributed by atoms with Crippen LogP contribution in [0.15, 0.2) is 39.2 Å². The number of thiophene rings is 1. The summed E-state index contributed by atoms with van der Waals surface area (Å²) < 4.78 is 13.1. The quantitative estimate of drug-likeness (QED) is 0.455. The van der Waals surface area contributed by atoms with Crippen LogP contribution in [0.1, 0.15) is 31.7 Å². The number of nitrogens with zero attached hydrogens (tertiary/aromatic N) is 3. The van der Waals surface area contributed by atoms with E-state index in [2.05, 4.69) is 5.32 Å². The number of hydrogen-bond donors (Lipinski definition) is 1. The molecule has 2 aromatic heterocycles. The highest BCUT2D eigenvalue weighted by molar-refractivity contribution is 7.17. The number of likely N-dealkylation sites (tertiary alicyclic amines) is 1. The molecule has 4 rings (SSSR count). The molecular weight excluding hydrogens is 496 g/mol. The predicted octanol–water partition coefficient (Wildman–Crippen LogP) is 2.00. The van der Waals surface area contributed by atoms with Gasteiger partial charge in [0.1, 0.15) is 17.8 Å². The number of hydrogen-bond acceptors (Lipinski definition) is 7. The first kappa shape index (κ1) is 26.5. The van der Waals surface area contributed by atoms with Gasteiger partial charge in [-0.05, 0) is 61.7 Å². The smallest absolute Gasteiger partial charge is 0.332 e. The first-order valence-corrected chi connectivity index (χ1v) is 13.2. The average Bonchev–Trinajstić information content (AvgIpc) is 3.39. The number of benzene rings is 1. The first-order chi connectivity index (χ1) is 17.8. The zero-order valence-corrected chi connectivity index (χ0v) is 22.1. The van der Waals surface area contributed by atoms with Gasteiger partial charge in [-0.15, -0.1) is 11.3 Å². The molecule has 10 nitrogen and oxygen atoms in total. The molecule has 1 N–H and O–H groups in total. The van der Waals surface area contributed by atoms with Crippen LogP contribution in [-0.2, 0) is 29.1 Å². The molecule has 1 atom stereocenters. The van der Waals surface area contributed by atoms with E-state index in [1.807, 2.05) is 19.1 Å². The molecule has 37 heavy (non-hydrogen) atoms. The normalized spacial score (nSPS) is 15.5. The molecule has 0 saturated carbocycles. The zero-order chi connectivity index (χ0) is 26.5. The van der Waals surface area contributed by atoms with Crippen molar-refractivity contribution in [2.24, 2.45) is 0 Å². The molecule has 3 aromatic rings. The molecule has 1 unspecified atom stereocenters. The SMILES string of the molecule is COc1ccc(CCNC(=O)Cn2c(=O)c3sccc3n(CC(=O)N3CCCCC3C)c2=O)cc1OC. The van der Waals surface area contributed by atoms with Crippen molar-refractivity contribution >= 4 is 33.4 Å². The van der Waals surface area contributed by atoms with Crippen LogP contribution < -0.4 is 26.0 Å². The van der Waals surface area contributed by atoms with E-state index in [-0.39, 0.29) is 18.5 Å². The number of piperidine rings is 1. The van der Waals surface area contributed by atoms with Crippen molar-refractivity contribution in [2.75, 3.05) is 27.3 Å². The summed E-state index contributed by atoms with van der Waals surface area (Å²) in [4.78, 5) is 53.9. The minimum atomic E-state index is -0.663. The van der Waals surface area contributed by atoms with Crippen LogP contribution in [0.5, 0.6) is 11.5 Å².